The summed E-state index contributed by atoms with van der Waals surface area (Å²) >= 11 is 0. The highest BCUT2D eigenvalue weighted by atomic mass is 16.5. The number of carbonyl (C=O) groups is 3. The van der Waals surface area contributed by atoms with Crippen molar-refractivity contribution in [1.29, 1.82) is 0 Å². The predicted octanol–water partition coefficient (Wildman–Crippen LogP) is 0.574. The van der Waals surface area contributed by atoms with E-state index in [4.69, 9.17) is 10.5 Å². The quantitative estimate of drug-likeness (QED) is 0.755. The lowest BCUT2D eigenvalue weighted by atomic mass is 10.2. The summed E-state index contributed by atoms with van der Waals surface area (Å²) in [7, 11) is 0. The number of carbonyl (C=O) groups excluding carboxylic acids is 3. The van der Waals surface area contributed by atoms with Gasteiger partial charge >= 0.3 is 6.09 Å². The Bertz CT molecular complexity index is 518. The van der Waals surface area contributed by atoms with E-state index in [-0.39, 0.29) is 11.4 Å². The number of rotatable bonds is 2. The number of anilines is 1. The number of nitrogens with zero attached hydrogens (tertiary/aromatic N) is 1. The van der Waals surface area contributed by atoms with Crippen LogP contribution >= 0.6 is 0 Å². The standard InChI is InChI=1S/C11H8N2O4/c12-11(16)17-8-4-2-1-3-7(8)13-9(14)5-6-10(13)15/h1-6H,(H2,12,16). The second-order valence-electron chi connectivity index (χ2n) is 3.23. The van der Waals surface area contributed by atoms with Crippen molar-refractivity contribution in [1.82, 2.24) is 0 Å². The van der Waals surface area contributed by atoms with Gasteiger partial charge in [0.15, 0.2) is 5.75 Å². The zero-order valence-electron chi connectivity index (χ0n) is 8.62. The third-order valence-corrected chi connectivity index (χ3v) is 2.13. The zero-order chi connectivity index (χ0) is 12.4. The molecular formula is C11H8N2O4. The second-order valence-corrected chi connectivity index (χ2v) is 3.23. The molecule has 1 heterocycles. The van der Waals surface area contributed by atoms with Crippen LogP contribution in [0.5, 0.6) is 5.75 Å². The Morgan fingerprint density at radius 1 is 1.12 bits per heavy atom. The third kappa shape index (κ3) is 2.00. The van der Waals surface area contributed by atoms with Crippen molar-refractivity contribution in [2.24, 2.45) is 5.73 Å². The number of imide groups is 1. The van der Waals surface area contributed by atoms with Gasteiger partial charge in [-0.05, 0) is 12.1 Å². The fraction of sp³-hybridized carbons (Fsp3) is 0. The summed E-state index contributed by atoms with van der Waals surface area (Å²) in [6, 6.07) is 6.14. The van der Waals surface area contributed by atoms with Crippen LogP contribution in [-0.4, -0.2) is 17.9 Å². The molecule has 0 saturated carbocycles. The largest absolute Gasteiger partial charge is 0.410 e. The maximum atomic E-state index is 11.5. The van der Waals surface area contributed by atoms with Crippen molar-refractivity contribution in [3.05, 3.63) is 36.4 Å². The lowest BCUT2D eigenvalue weighted by Gasteiger charge is -2.16. The Kier molecular flexibility index (Phi) is 2.61. The van der Waals surface area contributed by atoms with E-state index in [0.717, 1.165) is 17.1 Å². The Hall–Kier alpha value is -2.63. The number of para-hydroxylation sites is 2. The summed E-state index contributed by atoms with van der Waals surface area (Å²) in [5, 5.41) is 0. The van der Waals surface area contributed by atoms with E-state index >= 15 is 0 Å². The van der Waals surface area contributed by atoms with E-state index in [9.17, 15) is 14.4 Å². The lowest BCUT2D eigenvalue weighted by Crippen LogP contribution is -2.30. The van der Waals surface area contributed by atoms with Crippen LogP contribution < -0.4 is 15.4 Å². The maximum absolute atomic E-state index is 11.5. The number of benzene rings is 1. The van der Waals surface area contributed by atoms with Crippen LogP contribution in [0.15, 0.2) is 36.4 Å². The SMILES string of the molecule is NC(=O)Oc1ccccc1N1C(=O)C=CC1=O. The minimum atomic E-state index is -1.01. The van der Waals surface area contributed by atoms with Crippen molar-refractivity contribution < 1.29 is 19.1 Å². The fourth-order valence-electron chi connectivity index (χ4n) is 1.47. The molecule has 17 heavy (non-hydrogen) atoms. The average molecular weight is 232 g/mol. The molecule has 1 aliphatic rings. The third-order valence-electron chi connectivity index (χ3n) is 2.13. The minimum Gasteiger partial charge on any atom is -0.408 e. The molecule has 0 atom stereocenters. The molecule has 0 aromatic heterocycles. The first-order valence-electron chi connectivity index (χ1n) is 4.72. The van der Waals surface area contributed by atoms with Gasteiger partial charge in [0.2, 0.25) is 0 Å². The molecule has 0 aliphatic carbocycles. The molecule has 2 rings (SSSR count). The Morgan fingerprint density at radius 3 is 2.29 bits per heavy atom. The van der Waals surface area contributed by atoms with Gasteiger partial charge in [-0.3, -0.25) is 9.59 Å². The van der Waals surface area contributed by atoms with Gasteiger partial charge in [-0.15, -0.1) is 0 Å². The Balaban J connectivity index is 2.41. The van der Waals surface area contributed by atoms with Crippen LogP contribution in [0.2, 0.25) is 0 Å². The van der Waals surface area contributed by atoms with Gasteiger partial charge < -0.3 is 10.5 Å². The number of hydrogen-bond donors (Lipinski definition) is 1. The van der Waals surface area contributed by atoms with E-state index in [1.165, 1.54) is 12.1 Å². The van der Waals surface area contributed by atoms with Crippen molar-refractivity contribution in [3.8, 4) is 5.75 Å². The Morgan fingerprint density at radius 2 is 1.71 bits per heavy atom. The van der Waals surface area contributed by atoms with Crippen molar-refractivity contribution in [3.63, 3.8) is 0 Å². The van der Waals surface area contributed by atoms with Crippen molar-refractivity contribution in [2.75, 3.05) is 4.90 Å². The molecule has 0 radical (unpaired) electrons. The lowest BCUT2D eigenvalue weighted by molar-refractivity contribution is -0.120. The molecule has 3 amide bonds. The number of ether oxygens (including phenoxy) is 1. The first kappa shape index (κ1) is 10.9. The monoisotopic (exact) mass is 232 g/mol. The van der Waals surface area contributed by atoms with Crippen LogP contribution in [0.25, 0.3) is 0 Å². The molecule has 0 bridgehead atoms. The second kappa shape index (κ2) is 4.09. The minimum absolute atomic E-state index is 0.0606. The van der Waals surface area contributed by atoms with Crippen molar-refractivity contribution in [2.45, 2.75) is 0 Å². The Labute approximate surface area is 96.3 Å². The van der Waals surface area contributed by atoms with E-state index in [1.54, 1.807) is 12.1 Å². The number of primary amides is 1. The molecule has 1 aliphatic heterocycles. The molecule has 1 aromatic rings. The molecule has 0 saturated heterocycles. The van der Waals surface area contributed by atoms with Gasteiger partial charge in [-0.2, -0.15) is 0 Å². The highest BCUT2D eigenvalue weighted by Crippen LogP contribution is 2.30. The fourth-order valence-corrected chi connectivity index (χ4v) is 1.47. The summed E-state index contributed by atoms with van der Waals surface area (Å²) in [6.07, 6.45) is 1.27. The molecule has 2 N–H and O–H groups in total. The normalized spacial score (nSPS) is 14.2. The summed E-state index contributed by atoms with van der Waals surface area (Å²) in [5.41, 5.74) is 5.08. The molecule has 86 valence electrons. The zero-order valence-corrected chi connectivity index (χ0v) is 8.62. The molecule has 0 fully saturated rings. The van der Waals surface area contributed by atoms with E-state index in [0.29, 0.717) is 0 Å². The highest BCUT2D eigenvalue weighted by molar-refractivity contribution is 6.28. The molecular weight excluding hydrogens is 224 g/mol. The van der Waals surface area contributed by atoms with Crippen LogP contribution in [0.3, 0.4) is 0 Å². The van der Waals surface area contributed by atoms with Gasteiger partial charge in [0.25, 0.3) is 11.8 Å². The number of amides is 3. The summed E-state index contributed by atoms with van der Waals surface area (Å²) in [6.45, 7) is 0. The van der Waals surface area contributed by atoms with E-state index < -0.39 is 17.9 Å². The van der Waals surface area contributed by atoms with Gasteiger partial charge in [-0.1, -0.05) is 12.1 Å². The molecule has 0 spiro atoms. The maximum Gasteiger partial charge on any atom is 0.410 e. The van der Waals surface area contributed by atoms with Gasteiger partial charge in [0.1, 0.15) is 0 Å². The number of hydrogen-bond acceptors (Lipinski definition) is 4. The van der Waals surface area contributed by atoms with E-state index in [2.05, 4.69) is 0 Å². The van der Waals surface area contributed by atoms with Gasteiger partial charge in [0, 0.05) is 12.2 Å². The van der Waals surface area contributed by atoms with E-state index in [1.807, 2.05) is 0 Å². The number of nitrogens with two attached hydrogens (primary N) is 1. The first-order chi connectivity index (χ1) is 8.09. The van der Waals surface area contributed by atoms with Gasteiger partial charge in [0.05, 0.1) is 5.69 Å². The van der Waals surface area contributed by atoms with Crippen LogP contribution in [-0.2, 0) is 9.59 Å². The topological polar surface area (TPSA) is 89.7 Å². The van der Waals surface area contributed by atoms with Crippen LogP contribution in [0.4, 0.5) is 10.5 Å². The summed E-state index contributed by atoms with van der Waals surface area (Å²) < 4.78 is 4.72. The average Bonchev–Trinajstić information content (AvgIpc) is 2.59. The summed E-state index contributed by atoms with van der Waals surface area (Å²) in [5.74, 6) is -0.920. The molecule has 0 unspecified atom stereocenters. The van der Waals surface area contributed by atoms with Gasteiger partial charge in [-0.25, -0.2) is 9.69 Å². The van der Waals surface area contributed by atoms with Crippen LogP contribution in [0, 0.1) is 0 Å². The summed E-state index contributed by atoms with van der Waals surface area (Å²) in [4.78, 5) is 34.5. The highest BCUT2D eigenvalue weighted by Gasteiger charge is 2.27. The molecule has 1 aromatic carbocycles. The smallest absolute Gasteiger partial charge is 0.408 e. The first-order valence-corrected chi connectivity index (χ1v) is 4.72. The van der Waals surface area contributed by atoms with Crippen LogP contribution in [0.1, 0.15) is 0 Å². The molecule has 6 nitrogen and oxygen atoms in total. The van der Waals surface area contributed by atoms with Crippen molar-refractivity contribution >= 4 is 23.6 Å². The predicted molar refractivity (Wildman–Crippen MR) is 58.3 cm³/mol. The molecule has 6 heteroatoms.